The molecule has 2 aromatic carbocycles. The number of thioether (sulfide) groups is 1. The molecule has 0 bridgehead atoms. The molecule has 36 heavy (non-hydrogen) atoms. The number of rotatable bonds is 10. The molecule has 2 unspecified atom stereocenters. The summed E-state index contributed by atoms with van der Waals surface area (Å²) in [5, 5.41) is 0.271. The third-order valence-corrected chi connectivity index (χ3v) is 6.77. The number of nitrogens with one attached hydrogen (secondary N) is 1. The number of hydrogen-bond donors (Lipinski definition) is 1. The van der Waals surface area contributed by atoms with Crippen LogP contribution in [-0.4, -0.2) is 46.0 Å². The van der Waals surface area contributed by atoms with Gasteiger partial charge in [-0.3, -0.25) is 14.6 Å². The number of hydrogen-bond acceptors (Lipinski definition) is 8. The lowest BCUT2D eigenvalue weighted by Gasteiger charge is -2.19. The van der Waals surface area contributed by atoms with Gasteiger partial charge in [-0.2, -0.15) is 0 Å². The molecular weight excluding hydrogens is 478 g/mol. The number of aromatic nitrogens is 1. The summed E-state index contributed by atoms with van der Waals surface area (Å²) in [6.45, 7) is 2.13. The molecule has 0 spiro atoms. The minimum atomic E-state index is -0.651. The largest absolute Gasteiger partial charge is 0.489 e. The van der Waals surface area contributed by atoms with Gasteiger partial charge in [0.25, 0.3) is 5.91 Å². The smallest absolute Gasteiger partial charge is 0.338 e. The normalized spacial score (nSPS) is 16.2. The third-order valence-electron chi connectivity index (χ3n) is 5.73. The van der Waals surface area contributed by atoms with Crippen LogP contribution in [0.5, 0.6) is 5.75 Å². The van der Waals surface area contributed by atoms with Crippen LogP contribution in [-0.2, 0) is 22.4 Å². The van der Waals surface area contributed by atoms with Crippen LogP contribution in [0.3, 0.4) is 0 Å². The summed E-state index contributed by atoms with van der Waals surface area (Å²) in [6.07, 6.45) is 2.30. The SMILES string of the molecule is CCc1ccc(C(COc2ccc(CC3SC(=O)N(NC)C3=O)cc2)OC(=O)c2ccccc2)cn1. The Balaban J connectivity index is 1.41. The number of ether oxygens (including phenoxy) is 2. The number of aryl methyl sites for hydroxylation is 1. The average molecular weight is 506 g/mol. The van der Waals surface area contributed by atoms with Crippen LogP contribution in [0.4, 0.5) is 4.79 Å². The second-order valence-electron chi connectivity index (χ2n) is 8.13. The van der Waals surface area contributed by atoms with Crippen LogP contribution < -0.4 is 10.2 Å². The summed E-state index contributed by atoms with van der Waals surface area (Å²) < 4.78 is 11.8. The maximum Gasteiger partial charge on any atom is 0.338 e. The van der Waals surface area contributed by atoms with E-state index in [1.165, 1.54) is 0 Å². The van der Waals surface area contributed by atoms with Gasteiger partial charge in [0.15, 0.2) is 6.10 Å². The van der Waals surface area contributed by atoms with Crippen LogP contribution in [0.25, 0.3) is 0 Å². The summed E-state index contributed by atoms with van der Waals surface area (Å²) >= 11 is 1.01. The van der Waals surface area contributed by atoms with Crippen LogP contribution in [0, 0.1) is 0 Å². The molecule has 1 aliphatic rings. The number of nitrogens with zero attached hydrogens (tertiary/aromatic N) is 2. The fraction of sp³-hybridized carbons (Fsp3) is 0.259. The van der Waals surface area contributed by atoms with Gasteiger partial charge in [-0.15, -0.1) is 0 Å². The van der Waals surface area contributed by atoms with Crippen LogP contribution in [0.1, 0.15) is 40.2 Å². The standard InChI is InChI=1S/C27H27N3O5S/c1-3-21-12-11-20(16-29-21)23(35-26(32)19-7-5-4-6-8-19)17-34-22-13-9-18(10-14-22)15-24-25(31)30(28-2)27(33)36-24/h4-14,16,23-24,28H,3,15,17H2,1-2H3. The minimum absolute atomic E-state index is 0.105. The predicted octanol–water partition coefficient (Wildman–Crippen LogP) is 4.36. The van der Waals surface area contributed by atoms with Crippen molar-refractivity contribution in [3.8, 4) is 5.75 Å². The Morgan fingerprint density at radius 1 is 1.08 bits per heavy atom. The van der Waals surface area contributed by atoms with Gasteiger partial charge in [0, 0.05) is 24.5 Å². The van der Waals surface area contributed by atoms with E-state index in [1.54, 1.807) is 49.6 Å². The summed E-state index contributed by atoms with van der Waals surface area (Å²) in [7, 11) is 1.55. The van der Waals surface area contributed by atoms with Crippen LogP contribution in [0.15, 0.2) is 72.9 Å². The van der Waals surface area contributed by atoms with Gasteiger partial charge in [-0.25, -0.2) is 15.2 Å². The van der Waals surface area contributed by atoms with Crippen molar-refractivity contribution in [1.82, 2.24) is 15.4 Å². The number of esters is 1. The molecule has 0 saturated carbocycles. The zero-order chi connectivity index (χ0) is 25.5. The van der Waals surface area contributed by atoms with Crippen molar-refractivity contribution in [1.29, 1.82) is 0 Å². The Labute approximate surface area is 214 Å². The van der Waals surface area contributed by atoms with E-state index in [0.717, 1.165) is 40.0 Å². The second kappa shape index (κ2) is 11.8. The molecule has 0 radical (unpaired) electrons. The first-order valence-corrected chi connectivity index (χ1v) is 12.5. The maximum absolute atomic E-state index is 12.7. The van der Waals surface area contributed by atoms with Gasteiger partial charge in [0.05, 0.1) is 10.8 Å². The lowest BCUT2D eigenvalue weighted by molar-refractivity contribution is -0.128. The molecular formula is C27H27N3O5S. The summed E-state index contributed by atoms with van der Waals surface area (Å²) in [4.78, 5) is 41.3. The van der Waals surface area contributed by atoms with Gasteiger partial charge in [-0.1, -0.05) is 43.3 Å². The Morgan fingerprint density at radius 3 is 2.44 bits per heavy atom. The van der Waals surface area contributed by atoms with Crippen molar-refractivity contribution in [3.63, 3.8) is 0 Å². The number of carbonyl (C=O) groups excluding carboxylic acids is 3. The lowest BCUT2D eigenvalue weighted by Crippen LogP contribution is -2.40. The molecule has 186 valence electrons. The number of carbonyl (C=O) groups is 3. The fourth-order valence-corrected chi connectivity index (χ4v) is 4.71. The Morgan fingerprint density at radius 2 is 1.83 bits per heavy atom. The highest BCUT2D eigenvalue weighted by Gasteiger charge is 2.39. The molecule has 1 aliphatic heterocycles. The molecule has 1 aromatic heterocycles. The monoisotopic (exact) mass is 505 g/mol. The van der Waals surface area contributed by atoms with E-state index in [2.05, 4.69) is 10.4 Å². The van der Waals surface area contributed by atoms with E-state index >= 15 is 0 Å². The zero-order valence-corrected chi connectivity index (χ0v) is 20.9. The number of benzene rings is 2. The second-order valence-corrected chi connectivity index (χ2v) is 9.28. The highest BCUT2D eigenvalue weighted by molar-refractivity contribution is 8.15. The molecule has 3 aromatic rings. The summed E-state index contributed by atoms with van der Waals surface area (Å²) in [5.74, 6) is -0.0995. The van der Waals surface area contributed by atoms with Gasteiger partial charge < -0.3 is 9.47 Å². The maximum atomic E-state index is 12.7. The highest BCUT2D eigenvalue weighted by Crippen LogP contribution is 2.29. The first-order chi connectivity index (χ1) is 17.5. The van der Waals surface area contributed by atoms with Crippen molar-refractivity contribution in [2.75, 3.05) is 13.7 Å². The van der Waals surface area contributed by atoms with E-state index in [4.69, 9.17) is 9.47 Å². The molecule has 8 nitrogen and oxygen atoms in total. The van der Waals surface area contributed by atoms with Crippen molar-refractivity contribution in [2.45, 2.75) is 31.1 Å². The van der Waals surface area contributed by atoms with E-state index in [1.807, 2.05) is 37.3 Å². The first kappa shape index (κ1) is 25.4. The summed E-state index contributed by atoms with van der Waals surface area (Å²) in [6, 6.07) is 19.9. The molecule has 1 saturated heterocycles. The molecule has 2 heterocycles. The van der Waals surface area contributed by atoms with E-state index in [0.29, 0.717) is 17.7 Å². The zero-order valence-electron chi connectivity index (χ0n) is 20.0. The quantitative estimate of drug-likeness (QED) is 0.406. The molecule has 1 N–H and O–H groups in total. The first-order valence-electron chi connectivity index (χ1n) is 11.6. The fourth-order valence-electron chi connectivity index (χ4n) is 3.70. The summed E-state index contributed by atoms with van der Waals surface area (Å²) in [5.41, 5.74) is 5.66. The topological polar surface area (TPSA) is 97.8 Å². The Bertz CT molecular complexity index is 1200. The minimum Gasteiger partial charge on any atom is -0.489 e. The molecule has 2 atom stereocenters. The Hall–Kier alpha value is -3.69. The van der Waals surface area contributed by atoms with Gasteiger partial charge in [0.2, 0.25) is 0 Å². The number of hydrazine groups is 1. The molecule has 9 heteroatoms. The Kier molecular flexibility index (Phi) is 8.35. The van der Waals surface area contributed by atoms with E-state index < -0.39 is 17.3 Å². The van der Waals surface area contributed by atoms with Gasteiger partial charge in [0.1, 0.15) is 12.4 Å². The number of amides is 2. The van der Waals surface area contributed by atoms with Crippen molar-refractivity contribution >= 4 is 28.9 Å². The van der Waals surface area contributed by atoms with Crippen molar-refractivity contribution in [3.05, 3.63) is 95.3 Å². The average Bonchev–Trinajstić information content (AvgIpc) is 3.19. The highest BCUT2D eigenvalue weighted by atomic mass is 32.2. The van der Waals surface area contributed by atoms with Gasteiger partial charge >= 0.3 is 11.2 Å². The van der Waals surface area contributed by atoms with E-state index in [-0.39, 0.29) is 17.8 Å². The predicted molar refractivity (Wildman–Crippen MR) is 137 cm³/mol. The third kappa shape index (κ3) is 6.10. The molecule has 1 fully saturated rings. The molecule has 0 aliphatic carbocycles. The lowest BCUT2D eigenvalue weighted by atomic mass is 10.1. The van der Waals surface area contributed by atoms with Crippen LogP contribution in [0.2, 0.25) is 0 Å². The van der Waals surface area contributed by atoms with E-state index in [9.17, 15) is 14.4 Å². The van der Waals surface area contributed by atoms with Crippen molar-refractivity contribution in [2.24, 2.45) is 0 Å². The van der Waals surface area contributed by atoms with Crippen molar-refractivity contribution < 1.29 is 23.9 Å². The number of imide groups is 1. The molecule has 4 rings (SSSR count). The van der Waals surface area contributed by atoms with Gasteiger partial charge in [-0.05, 0) is 60.5 Å². The molecule has 2 amide bonds. The number of pyridine rings is 1. The van der Waals surface area contributed by atoms with Crippen LogP contribution >= 0.6 is 11.8 Å².